The highest BCUT2D eigenvalue weighted by Crippen LogP contribution is 2.35. The Morgan fingerprint density at radius 3 is 2.84 bits per heavy atom. The van der Waals surface area contributed by atoms with E-state index >= 15 is 0 Å². The molecule has 4 nitrogen and oxygen atoms in total. The van der Waals surface area contributed by atoms with Crippen molar-refractivity contribution in [2.24, 2.45) is 0 Å². The van der Waals surface area contributed by atoms with Crippen LogP contribution in [-0.2, 0) is 12.8 Å². The zero-order valence-electron chi connectivity index (χ0n) is 17.8. The fourth-order valence-electron chi connectivity index (χ4n) is 4.12. The number of rotatable bonds is 6. The van der Waals surface area contributed by atoms with Crippen LogP contribution in [0.5, 0.6) is 5.75 Å². The Labute approximate surface area is 200 Å². The third-order valence-corrected chi connectivity index (χ3v) is 8.03. The molecule has 0 saturated carbocycles. The van der Waals surface area contributed by atoms with Gasteiger partial charge in [0.15, 0.2) is 5.16 Å². The molecule has 0 radical (unpaired) electrons. The third kappa shape index (κ3) is 4.19. The van der Waals surface area contributed by atoms with Gasteiger partial charge in [0, 0.05) is 10.6 Å². The third-order valence-electron chi connectivity index (χ3n) is 5.63. The van der Waals surface area contributed by atoms with E-state index in [4.69, 9.17) is 21.3 Å². The van der Waals surface area contributed by atoms with Crippen LogP contribution >= 0.6 is 34.7 Å². The summed E-state index contributed by atoms with van der Waals surface area (Å²) >= 11 is 9.41. The lowest BCUT2D eigenvalue weighted by atomic mass is 9.97. The van der Waals surface area contributed by atoms with Crippen molar-refractivity contribution in [2.75, 3.05) is 12.4 Å². The lowest BCUT2D eigenvalue weighted by molar-refractivity contribution is 0.344. The van der Waals surface area contributed by atoms with Crippen molar-refractivity contribution in [3.8, 4) is 11.4 Å². The monoisotopic (exact) mass is 482 g/mol. The van der Waals surface area contributed by atoms with E-state index in [1.807, 2.05) is 55.5 Å². The maximum atomic E-state index is 13.8. The SMILES string of the molecule is Cc1cccc(-n2c(SCCOc3ccccc3Cl)nc3sc4c(c3c2=O)CCCC4)c1. The van der Waals surface area contributed by atoms with Gasteiger partial charge >= 0.3 is 0 Å². The molecule has 0 bridgehead atoms. The number of nitrogens with zero attached hydrogens (tertiary/aromatic N) is 2. The molecule has 5 rings (SSSR count). The Bertz CT molecular complexity index is 1350. The second kappa shape index (κ2) is 9.30. The van der Waals surface area contributed by atoms with Crippen LogP contribution in [0.3, 0.4) is 0 Å². The van der Waals surface area contributed by atoms with Crippen molar-refractivity contribution in [3.63, 3.8) is 0 Å². The van der Waals surface area contributed by atoms with Crippen LogP contribution in [-0.4, -0.2) is 21.9 Å². The molecule has 0 unspecified atom stereocenters. The lowest BCUT2D eigenvalue weighted by Gasteiger charge is -2.14. The van der Waals surface area contributed by atoms with Gasteiger partial charge in [-0.15, -0.1) is 11.3 Å². The molecule has 0 fully saturated rings. The summed E-state index contributed by atoms with van der Waals surface area (Å²) in [5, 5.41) is 2.11. The van der Waals surface area contributed by atoms with Crippen molar-refractivity contribution < 1.29 is 4.74 Å². The predicted octanol–water partition coefficient (Wildman–Crippen LogP) is 6.46. The summed E-state index contributed by atoms with van der Waals surface area (Å²) < 4.78 is 7.62. The molecule has 2 aromatic heterocycles. The van der Waals surface area contributed by atoms with Crippen LogP contribution in [0.2, 0.25) is 5.02 Å². The van der Waals surface area contributed by atoms with E-state index < -0.39 is 0 Å². The first-order chi connectivity index (χ1) is 15.6. The summed E-state index contributed by atoms with van der Waals surface area (Å²) in [5.41, 5.74) is 3.22. The van der Waals surface area contributed by atoms with Gasteiger partial charge in [0.2, 0.25) is 0 Å². The van der Waals surface area contributed by atoms with Crippen molar-refractivity contribution >= 4 is 44.9 Å². The predicted molar refractivity (Wildman–Crippen MR) is 134 cm³/mol. The van der Waals surface area contributed by atoms with Gasteiger partial charge in [0.05, 0.1) is 22.7 Å². The van der Waals surface area contributed by atoms with Gasteiger partial charge in [0.25, 0.3) is 5.56 Å². The minimum atomic E-state index is 0.0366. The summed E-state index contributed by atoms with van der Waals surface area (Å²) in [5.74, 6) is 1.32. The van der Waals surface area contributed by atoms with Gasteiger partial charge in [-0.25, -0.2) is 4.98 Å². The van der Waals surface area contributed by atoms with Gasteiger partial charge in [-0.05, 0) is 68.0 Å². The molecular formula is C25H23ClN2O2S2. The van der Waals surface area contributed by atoms with Crippen molar-refractivity contribution in [1.29, 1.82) is 0 Å². The lowest BCUT2D eigenvalue weighted by Crippen LogP contribution is -2.22. The number of aromatic nitrogens is 2. The Morgan fingerprint density at radius 1 is 1.16 bits per heavy atom. The number of hydrogen-bond acceptors (Lipinski definition) is 5. The molecule has 1 aliphatic rings. The van der Waals surface area contributed by atoms with E-state index in [1.54, 1.807) is 15.9 Å². The number of aryl methyl sites for hydroxylation is 3. The topological polar surface area (TPSA) is 44.1 Å². The zero-order chi connectivity index (χ0) is 22.1. The highest BCUT2D eigenvalue weighted by molar-refractivity contribution is 7.99. The van der Waals surface area contributed by atoms with Crippen LogP contribution in [0.1, 0.15) is 28.8 Å². The fraction of sp³-hybridized carbons (Fsp3) is 0.280. The smallest absolute Gasteiger partial charge is 0.267 e. The molecule has 2 aromatic carbocycles. The number of hydrogen-bond donors (Lipinski definition) is 0. The van der Waals surface area contributed by atoms with Crippen LogP contribution < -0.4 is 10.3 Å². The molecule has 0 saturated heterocycles. The van der Waals surface area contributed by atoms with E-state index in [-0.39, 0.29) is 5.56 Å². The van der Waals surface area contributed by atoms with Crippen molar-refractivity contribution in [1.82, 2.24) is 9.55 Å². The molecule has 0 amide bonds. The average molecular weight is 483 g/mol. The molecule has 2 heterocycles. The van der Waals surface area contributed by atoms with E-state index in [1.165, 1.54) is 28.6 Å². The first kappa shape index (κ1) is 21.6. The Kier molecular flexibility index (Phi) is 6.26. The molecule has 164 valence electrons. The standard InChI is InChI=1S/C25H23ClN2O2S2/c1-16-7-6-8-17(15-16)28-24(29)22-18-9-2-5-12-21(18)32-23(22)27-25(28)31-14-13-30-20-11-4-3-10-19(20)26/h3-4,6-8,10-11,15H,2,5,9,12-14H2,1H3. The number of thioether (sulfide) groups is 1. The summed E-state index contributed by atoms with van der Waals surface area (Å²) in [6.45, 7) is 2.51. The van der Waals surface area contributed by atoms with E-state index in [0.717, 1.165) is 40.7 Å². The van der Waals surface area contributed by atoms with Crippen LogP contribution in [0.4, 0.5) is 0 Å². The number of para-hydroxylation sites is 1. The van der Waals surface area contributed by atoms with Gasteiger partial charge in [-0.1, -0.05) is 47.6 Å². The summed E-state index contributed by atoms with van der Waals surface area (Å²) in [6, 6.07) is 15.5. The Balaban J connectivity index is 1.51. The fourth-order valence-corrected chi connectivity index (χ4v) is 6.45. The van der Waals surface area contributed by atoms with Crippen molar-refractivity contribution in [3.05, 3.63) is 79.9 Å². The molecule has 0 N–H and O–H groups in total. The first-order valence-electron chi connectivity index (χ1n) is 10.8. The van der Waals surface area contributed by atoms with E-state index in [9.17, 15) is 4.79 Å². The molecule has 0 atom stereocenters. The second-order valence-electron chi connectivity index (χ2n) is 7.89. The minimum absolute atomic E-state index is 0.0366. The van der Waals surface area contributed by atoms with Gasteiger partial charge in [-0.3, -0.25) is 9.36 Å². The number of fused-ring (bicyclic) bond motifs is 3. The van der Waals surface area contributed by atoms with Crippen LogP contribution in [0, 0.1) is 6.92 Å². The molecule has 32 heavy (non-hydrogen) atoms. The Hall–Kier alpha value is -2.28. The average Bonchev–Trinajstić information content (AvgIpc) is 3.16. The van der Waals surface area contributed by atoms with Crippen molar-refractivity contribution in [2.45, 2.75) is 37.8 Å². The summed E-state index contributed by atoms with van der Waals surface area (Å²) in [4.78, 5) is 20.9. The molecule has 1 aliphatic carbocycles. The Morgan fingerprint density at radius 2 is 2.00 bits per heavy atom. The largest absolute Gasteiger partial charge is 0.491 e. The van der Waals surface area contributed by atoms with Gasteiger partial charge in [0.1, 0.15) is 10.6 Å². The zero-order valence-corrected chi connectivity index (χ0v) is 20.2. The number of halogens is 1. The summed E-state index contributed by atoms with van der Waals surface area (Å²) in [7, 11) is 0. The van der Waals surface area contributed by atoms with Gasteiger partial charge < -0.3 is 4.74 Å². The first-order valence-corrected chi connectivity index (χ1v) is 12.9. The molecule has 4 aromatic rings. The number of ether oxygens (including phenoxy) is 1. The highest BCUT2D eigenvalue weighted by Gasteiger charge is 2.23. The minimum Gasteiger partial charge on any atom is -0.491 e. The molecule has 0 aliphatic heterocycles. The van der Waals surface area contributed by atoms with E-state index in [0.29, 0.717) is 28.3 Å². The number of thiophene rings is 1. The quantitative estimate of drug-likeness (QED) is 0.180. The van der Waals surface area contributed by atoms with Gasteiger partial charge in [-0.2, -0.15) is 0 Å². The molecule has 0 spiro atoms. The summed E-state index contributed by atoms with van der Waals surface area (Å²) in [6.07, 6.45) is 4.35. The normalized spacial score (nSPS) is 13.3. The van der Waals surface area contributed by atoms with Crippen LogP contribution in [0.25, 0.3) is 15.9 Å². The number of benzene rings is 2. The maximum Gasteiger partial charge on any atom is 0.267 e. The molecule has 7 heteroatoms. The molecular weight excluding hydrogens is 460 g/mol. The highest BCUT2D eigenvalue weighted by atomic mass is 35.5. The van der Waals surface area contributed by atoms with E-state index in [2.05, 4.69) is 0 Å². The second-order valence-corrected chi connectivity index (χ2v) is 10.4. The maximum absolute atomic E-state index is 13.8. The van der Waals surface area contributed by atoms with Crippen LogP contribution in [0.15, 0.2) is 58.5 Å².